The topological polar surface area (TPSA) is 0 Å². The summed E-state index contributed by atoms with van der Waals surface area (Å²) in [5.74, 6) is 8.90. The van der Waals surface area contributed by atoms with Crippen LogP contribution in [0.2, 0.25) is 24.2 Å². The molecule has 0 bridgehead atoms. The molecule has 5 fully saturated rings. The van der Waals surface area contributed by atoms with E-state index in [0.717, 1.165) is 47.3 Å². The summed E-state index contributed by atoms with van der Waals surface area (Å²) in [4.78, 5) is 0. The Morgan fingerprint density at radius 2 is 1.33 bits per heavy atom. The van der Waals surface area contributed by atoms with E-state index in [1.54, 1.807) is 77.0 Å². The van der Waals surface area contributed by atoms with Crippen LogP contribution in [-0.2, 0) is 20.8 Å². The molecule has 5 aliphatic rings. The second kappa shape index (κ2) is 13.5. The molecule has 0 N–H and O–H groups in total. The van der Waals surface area contributed by atoms with E-state index in [1.807, 2.05) is 0 Å². The third-order valence-electron chi connectivity index (χ3n) is 11.7. The molecule has 4 heteroatoms. The summed E-state index contributed by atoms with van der Waals surface area (Å²) in [6.07, 6.45) is 20.6. The fraction of sp³-hybridized carbons (Fsp3) is 0.931. The third kappa shape index (κ3) is 6.23. The molecule has 5 saturated carbocycles. The van der Waals surface area contributed by atoms with Gasteiger partial charge in [0, 0.05) is 0 Å². The van der Waals surface area contributed by atoms with Gasteiger partial charge in [-0.2, -0.15) is 0 Å². The summed E-state index contributed by atoms with van der Waals surface area (Å²) < 4.78 is 0. The van der Waals surface area contributed by atoms with Gasteiger partial charge in [-0.05, 0) is 84.1 Å². The van der Waals surface area contributed by atoms with Crippen LogP contribution in [-0.4, -0.2) is 8.07 Å². The van der Waals surface area contributed by atoms with Gasteiger partial charge in [0.15, 0.2) is 0 Å². The average molecular weight is 593 g/mol. The van der Waals surface area contributed by atoms with Crippen LogP contribution in [0.15, 0.2) is 0 Å². The first-order valence-electron chi connectivity index (χ1n) is 13.9. The zero-order valence-corrected chi connectivity index (χ0v) is 27.7. The van der Waals surface area contributed by atoms with Crippen LogP contribution in [0.25, 0.3) is 0 Å². The molecule has 192 valence electrons. The van der Waals surface area contributed by atoms with Gasteiger partial charge >= 0.3 is 37.9 Å². The van der Waals surface area contributed by atoms with Gasteiger partial charge in [0.1, 0.15) is 0 Å². The minimum absolute atomic E-state index is 0. The molecule has 0 saturated heterocycles. The van der Waals surface area contributed by atoms with Gasteiger partial charge in [-0.15, -0.1) is 0 Å². The summed E-state index contributed by atoms with van der Waals surface area (Å²) in [6, 6.07) is 0. The molecule has 0 nitrogen and oxygen atoms in total. The molecule has 0 aromatic carbocycles. The number of rotatable bonds is 4. The molecule has 5 aliphatic carbocycles. The van der Waals surface area contributed by atoms with E-state index in [4.69, 9.17) is 17.0 Å². The summed E-state index contributed by atoms with van der Waals surface area (Å²) in [6.45, 7) is 10.9. The van der Waals surface area contributed by atoms with Gasteiger partial charge < -0.3 is 14.9 Å². The Morgan fingerprint density at radius 3 is 1.97 bits per heavy atom. The Labute approximate surface area is 228 Å². The first kappa shape index (κ1) is 30.9. The molecule has 10 unspecified atom stereocenters. The number of fused-ring (bicyclic) bond motifs is 3. The minimum atomic E-state index is -1.20. The van der Waals surface area contributed by atoms with Crippen LogP contribution < -0.4 is 0 Å². The van der Waals surface area contributed by atoms with Crippen molar-refractivity contribution in [3.05, 3.63) is 14.9 Å². The standard InChI is InChI=1S/C27H48Si.2CH3.2ClH.Zr/c1-5-18(2)24-17-27(23-12-7-6-11-22(23)24)28(3,4)26-14-13-21-15-19-9-8-10-20(19)16-25(21)26;;;;;/h18-27H,5-17H2,1-4H3;2*1H3;2*1H;/q;2*-1;;;+4/p-2. The SMILES string of the molecule is CCC(C)C1CC([Si](C)(C)C2CCC3CC4CCCC4CC32)C2CCCCC12.[CH3-].[CH3-].[Cl][Zr+2][Cl]. The molecule has 10 atom stereocenters. The van der Waals surface area contributed by atoms with Crippen LogP contribution >= 0.6 is 17.0 Å². The van der Waals surface area contributed by atoms with Crippen LogP contribution in [0.3, 0.4) is 0 Å². The van der Waals surface area contributed by atoms with Crippen molar-refractivity contribution in [3.8, 4) is 0 Å². The van der Waals surface area contributed by atoms with Crippen molar-refractivity contribution in [1.82, 2.24) is 0 Å². The molecule has 0 aromatic rings. The molecule has 0 aliphatic heterocycles. The Balaban J connectivity index is 0.000000733. The molecule has 5 rings (SSSR count). The second-order valence-electron chi connectivity index (χ2n) is 12.9. The maximum atomic E-state index is 4.93. The molecular weight excluding hydrogens is 539 g/mol. The van der Waals surface area contributed by atoms with Crippen LogP contribution in [0.4, 0.5) is 0 Å². The molecular formula is C29H54Cl2SiZr. The van der Waals surface area contributed by atoms with Crippen molar-refractivity contribution in [2.45, 2.75) is 121 Å². The van der Waals surface area contributed by atoms with Crippen molar-refractivity contribution < 1.29 is 20.8 Å². The van der Waals surface area contributed by atoms with E-state index in [0.29, 0.717) is 0 Å². The maximum absolute atomic E-state index is 4.93. The summed E-state index contributed by atoms with van der Waals surface area (Å²) in [7, 11) is 8.67. The van der Waals surface area contributed by atoms with E-state index in [9.17, 15) is 0 Å². The van der Waals surface area contributed by atoms with Gasteiger partial charge in [-0.3, -0.25) is 0 Å². The Bertz CT molecular complexity index is 584. The summed E-state index contributed by atoms with van der Waals surface area (Å²) >= 11 is -0.826. The van der Waals surface area contributed by atoms with E-state index in [-0.39, 0.29) is 14.9 Å². The monoisotopic (exact) mass is 590 g/mol. The first-order chi connectivity index (χ1) is 14.9. The van der Waals surface area contributed by atoms with Crippen molar-refractivity contribution in [1.29, 1.82) is 0 Å². The average Bonchev–Trinajstić information content (AvgIpc) is 3.48. The van der Waals surface area contributed by atoms with E-state index in [2.05, 4.69) is 26.9 Å². The van der Waals surface area contributed by atoms with Crippen molar-refractivity contribution in [2.75, 3.05) is 0 Å². The van der Waals surface area contributed by atoms with Crippen molar-refractivity contribution in [3.63, 3.8) is 0 Å². The fourth-order valence-corrected chi connectivity index (χ4v) is 15.5. The first-order valence-corrected chi connectivity index (χ1v) is 23.4. The zero-order chi connectivity index (χ0) is 22.2. The van der Waals surface area contributed by atoms with Crippen molar-refractivity contribution in [2.24, 2.45) is 47.3 Å². The van der Waals surface area contributed by atoms with Gasteiger partial charge in [0.05, 0.1) is 8.07 Å². The van der Waals surface area contributed by atoms with Crippen LogP contribution in [0, 0.1) is 62.2 Å². The van der Waals surface area contributed by atoms with Crippen molar-refractivity contribution >= 4 is 25.1 Å². The third-order valence-corrected chi connectivity index (χ3v) is 16.9. The predicted molar refractivity (Wildman–Crippen MR) is 149 cm³/mol. The normalized spacial score (nSPS) is 42.3. The van der Waals surface area contributed by atoms with Gasteiger partial charge in [-0.25, -0.2) is 0 Å². The van der Waals surface area contributed by atoms with E-state index < -0.39 is 28.9 Å². The molecule has 0 aromatic heterocycles. The molecule has 33 heavy (non-hydrogen) atoms. The number of halogens is 2. The molecule has 0 amide bonds. The number of hydrogen-bond donors (Lipinski definition) is 0. The van der Waals surface area contributed by atoms with E-state index in [1.165, 1.54) is 17.5 Å². The number of hydrogen-bond acceptors (Lipinski definition) is 0. The van der Waals surface area contributed by atoms with Gasteiger partial charge in [0.2, 0.25) is 0 Å². The quantitative estimate of drug-likeness (QED) is 0.225. The Kier molecular flexibility index (Phi) is 12.6. The molecule has 0 heterocycles. The fourth-order valence-electron chi connectivity index (χ4n) is 10.1. The van der Waals surface area contributed by atoms with Gasteiger partial charge in [0.25, 0.3) is 0 Å². The Hall–Kier alpha value is 1.68. The summed E-state index contributed by atoms with van der Waals surface area (Å²) in [5, 5.41) is 0. The van der Waals surface area contributed by atoms with E-state index >= 15 is 0 Å². The molecule has 0 spiro atoms. The van der Waals surface area contributed by atoms with Gasteiger partial charge in [-0.1, -0.05) is 84.7 Å². The Morgan fingerprint density at radius 1 is 0.727 bits per heavy atom. The van der Waals surface area contributed by atoms with Crippen LogP contribution in [0.1, 0.15) is 97.3 Å². The molecule has 0 radical (unpaired) electrons. The summed E-state index contributed by atoms with van der Waals surface area (Å²) in [5.41, 5.74) is 2.35. The van der Waals surface area contributed by atoms with Crippen LogP contribution in [0.5, 0.6) is 0 Å². The second-order valence-corrected chi connectivity index (χ2v) is 21.8. The zero-order valence-electron chi connectivity index (χ0n) is 22.7. The predicted octanol–water partition coefficient (Wildman–Crippen LogP) is 10.8.